The number of aryl methyl sites for hydroxylation is 1. The molecular weight excluding hydrogens is 484 g/mol. The highest BCUT2D eigenvalue weighted by Gasteiger charge is 2.25. The molecule has 1 saturated heterocycles. The molecule has 192 valence electrons. The standard InChI is InChI=1S/C33H28N4O2/c1-20-14-29(22(3)25-9-8-23-6-4-5-7-26(23)15-25)32(36-13-11-24-10-12-34-33(38)31(24)36)30(21(20)2)27-16-35-37(17-27)28-18-39-19-28/h4-17,28H,3,18-19H2,1-2H3,(H,34,38). The van der Waals surface area contributed by atoms with E-state index < -0.39 is 0 Å². The Hall–Kier alpha value is -4.68. The summed E-state index contributed by atoms with van der Waals surface area (Å²) < 4.78 is 9.41. The highest BCUT2D eigenvalue weighted by Crippen LogP contribution is 2.41. The molecule has 1 aliphatic rings. The van der Waals surface area contributed by atoms with Gasteiger partial charge in [-0.25, -0.2) is 0 Å². The molecule has 1 fully saturated rings. The van der Waals surface area contributed by atoms with Crippen molar-refractivity contribution in [2.75, 3.05) is 13.2 Å². The van der Waals surface area contributed by atoms with Gasteiger partial charge >= 0.3 is 0 Å². The SMILES string of the molecule is C=C(c1ccc2ccccc2c1)c1cc(C)c(C)c(-c2cnn(C3COC3)c2)c1-n1ccc2cc[nH]c(=O)c21. The Labute approximate surface area is 225 Å². The molecule has 1 N–H and O–H groups in total. The number of H-pyrrole nitrogens is 1. The van der Waals surface area contributed by atoms with E-state index in [2.05, 4.69) is 80.1 Å². The minimum absolute atomic E-state index is 0.133. The van der Waals surface area contributed by atoms with E-state index in [1.165, 1.54) is 5.39 Å². The third kappa shape index (κ3) is 3.75. The van der Waals surface area contributed by atoms with Gasteiger partial charge in [0.05, 0.1) is 31.1 Å². The molecule has 0 amide bonds. The van der Waals surface area contributed by atoms with Crippen LogP contribution in [0.2, 0.25) is 0 Å². The van der Waals surface area contributed by atoms with Crippen LogP contribution in [0.3, 0.4) is 0 Å². The number of fused-ring (bicyclic) bond motifs is 2. The average Bonchev–Trinajstić information content (AvgIpc) is 3.56. The Morgan fingerprint density at radius 3 is 2.64 bits per heavy atom. The first-order valence-electron chi connectivity index (χ1n) is 13.1. The average molecular weight is 513 g/mol. The maximum Gasteiger partial charge on any atom is 0.272 e. The fourth-order valence-electron chi connectivity index (χ4n) is 5.60. The van der Waals surface area contributed by atoms with Gasteiger partial charge in [0.1, 0.15) is 5.52 Å². The molecule has 1 aliphatic heterocycles. The van der Waals surface area contributed by atoms with E-state index in [9.17, 15) is 4.79 Å². The Balaban J connectivity index is 1.52. The lowest BCUT2D eigenvalue weighted by atomic mass is 9.88. The van der Waals surface area contributed by atoms with Gasteiger partial charge in [0, 0.05) is 40.7 Å². The Bertz CT molecular complexity index is 1970. The number of hydrogen-bond acceptors (Lipinski definition) is 3. The van der Waals surface area contributed by atoms with E-state index in [-0.39, 0.29) is 11.6 Å². The van der Waals surface area contributed by atoms with Crippen molar-refractivity contribution in [1.29, 1.82) is 0 Å². The quantitative estimate of drug-likeness (QED) is 0.284. The van der Waals surface area contributed by atoms with Crippen LogP contribution in [-0.4, -0.2) is 32.5 Å². The molecule has 0 radical (unpaired) electrons. The molecule has 0 saturated carbocycles. The first kappa shape index (κ1) is 23.4. The molecule has 6 heteroatoms. The minimum Gasteiger partial charge on any atom is -0.377 e. The van der Waals surface area contributed by atoms with Crippen molar-refractivity contribution < 1.29 is 4.74 Å². The second kappa shape index (κ2) is 8.96. The predicted octanol–water partition coefficient (Wildman–Crippen LogP) is 6.59. The molecule has 6 aromatic rings. The molecular formula is C33H28N4O2. The van der Waals surface area contributed by atoms with Crippen molar-refractivity contribution in [2.45, 2.75) is 19.9 Å². The number of aromatic amines is 1. The molecule has 0 spiro atoms. The van der Waals surface area contributed by atoms with Crippen LogP contribution < -0.4 is 5.56 Å². The summed E-state index contributed by atoms with van der Waals surface area (Å²) in [5.41, 5.74) is 8.64. The molecule has 7 rings (SSSR count). The lowest BCUT2D eigenvalue weighted by molar-refractivity contribution is -0.0286. The number of hydrogen-bond donors (Lipinski definition) is 1. The molecule has 4 heterocycles. The van der Waals surface area contributed by atoms with Gasteiger partial charge < -0.3 is 14.3 Å². The van der Waals surface area contributed by atoms with Crippen LogP contribution in [0.1, 0.15) is 28.3 Å². The number of nitrogens with zero attached hydrogens (tertiary/aromatic N) is 3. The highest BCUT2D eigenvalue weighted by atomic mass is 16.5. The van der Waals surface area contributed by atoms with Gasteiger partial charge in [-0.3, -0.25) is 9.48 Å². The van der Waals surface area contributed by atoms with Crippen LogP contribution in [0.5, 0.6) is 0 Å². The second-order valence-corrected chi connectivity index (χ2v) is 10.3. The normalized spacial score (nSPS) is 13.7. The van der Waals surface area contributed by atoms with Gasteiger partial charge in [0.15, 0.2) is 0 Å². The monoisotopic (exact) mass is 512 g/mol. The summed E-state index contributed by atoms with van der Waals surface area (Å²) in [7, 11) is 0. The van der Waals surface area contributed by atoms with Crippen molar-refractivity contribution in [1.82, 2.24) is 19.3 Å². The Kier molecular flexibility index (Phi) is 5.39. The van der Waals surface area contributed by atoms with Gasteiger partial charge in [0.2, 0.25) is 0 Å². The summed E-state index contributed by atoms with van der Waals surface area (Å²) in [5, 5.41) is 7.92. The van der Waals surface area contributed by atoms with Crippen LogP contribution in [-0.2, 0) is 4.74 Å². The third-order valence-electron chi connectivity index (χ3n) is 7.98. The predicted molar refractivity (Wildman–Crippen MR) is 157 cm³/mol. The largest absolute Gasteiger partial charge is 0.377 e. The molecule has 0 unspecified atom stereocenters. The first-order valence-corrected chi connectivity index (χ1v) is 13.1. The smallest absolute Gasteiger partial charge is 0.272 e. The van der Waals surface area contributed by atoms with Crippen LogP contribution in [0.15, 0.2) is 96.8 Å². The molecule has 39 heavy (non-hydrogen) atoms. The first-order chi connectivity index (χ1) is 19.0. The fourth-order valence-corrected chi connectivity index (χ4v) is 5.60. The van der Waals surface area contributed by atoms with Gasteiger partial charge in [-0.2, -0.15) is 5.10 Å². The number of benzene rings is 3. The lowest BCUT2D eigenvalue weighted by Crippen LogP contribution is -2.30. The molecule has 0 atom stereocenters. The minimum atomic E-state index is -0.133. The summed E-state index contributed by atoms with van der Waals surface area (Å²) in [5.74, 6) is 0. The lowest BCUT2D eigenvalue weighted by Gasteiger charge is -2.26. The zero-order valence-corrected chi connectivity index (χ0v) is 21.9. The van der Waals surface area contributed by atoms with Crippen LogP contribution in [0.25, 0.3) is 44.1 Å². The van der Waals surface area contributed by atoms with Crippen molar-refractivity contribution in [3.63, 3.8) is 0 Å². The number of ether oxygens (including phenoxy) is 1. The molecule has 3 aromatic heterocycles. The van der Waals surface area contributed by atoms with Gasteiger partial charge in [-0.1, -0.05) is 43.0 Å². The van der Waals surface area contributed by atoms with Crippen LogP contribution in [0, 0.1) is 13.8 Å². The number of rotatable bonds is 5. The van der Waals surface area contributed by atoms with Gasteiger partial charge in [0.25, 0.3) is 5.56 Å². The van der Waals surface area contributed by atoms with E-state index in [0.29, 0.717) is 18.7 Å². The second-order valence-electron chi connectivity index (χ2n) is 10.3. The van der Waals surface area contributed by atoms with Gasteiger partial charge in [-0.05, 0) is 71.1 Å². The van der Waals surface area contributed by atoms with E-state index in [4.69, 9.17) is 9.84 Å². The summed E-state index contributed by atoms with van der Waals surface area (Å²) >= 11 is 0. The summed E-state index contributed by atoms with van der Waals surface area (Å²) in [4.78, 5) is 16.0. The Morgan fingerprint density at radius 1 is 1.03 bits per heavy atom. The van der Waals surface area contributed by atoms with Crippen molar-refractivity contribution in [2.24, 2.45) is 0 Å². The van der Waals surface area contributed by atoms with Crippen molar-refractivity contribution >= 4 is 27.2 Å². The number of nitrogens with one attached hydrogen (secondary N) is 1. The van der Waals surface area contributed by atoms with Crippen molar-refractivity contribution in [3.8, 4) is 16.8 Å². The number of aromatic nitrogens is 4. The zero-order chi connectivity index (χ0) is 26.7. The summed E-state index contributed by atoms with van der Waals surface area (Å²) in [6.45, 7) is 10.2. The molecule has 0 bridgehead atoms. The summed E-state index contributed by atoms with van der Waals surface area (Å²) in [6, 6.07) is 21.1. The zero-order valence-electron chi connectivity index (χ0n) is 21.9. The maximum absolute atomic E-state index is 13.1. The van der Waals surface area contributed by atoms with E-state index >= 15 is 0 Å². The van der Waals surface area contributed by atoms with E-state index in [1.807, 2.05) is 33.8 Å². The number of pyridine rings is 1. The molecule has 0 aliphatic carbocycles. The molecule has 3 aromatic carbocycles. The van der Waals surface area contributed by atoms with Crippen LogP contribution in [0.4, 0.5) is 0 Å². The topological polar surface area (TPSA) is 64.8 Å². The van der Waals surface area contributed by atoms with Crippen LogP contribution >= 0.6 is 0 Å². The van der Waals surface area contributed by atoms with Gasteiger partial charge in [-0.15, -0.1) is 0 Å². The van der Waals surface area contributed by atoms with E-state index in [0.717, 1.165) is 55.4 Å². The molecule has 6 nitrogen and oxygen atoms in total. The third-order valence-corrected chi connectivity index (χ3v) is 7.98. The van der Waals surface area contributed by atoms with E-state index in [1.54, 1.807) is 6.20 Å². The fraction of sp³-hybridized carbons (Fsp3) is 0.152. The van der Waals surface area contributed by atoms with Crippen molar-refractivity contribution in [3.05, 3.63) is 125 Å². The Morgan fingerprint density at radius 2 is 1.85 bits per heavy atom. The maximum atomic E-state index is 13.1. The summed E-state index contributed by atoms with van der Waals surface area (Å²) in [6.07, 6.45) is 7.68. The highest BCUT2D eigenvalue weighted by molar-refractivity contribution is 5.95.